The Hall–Kier alpha value is -3.15. The molecule has 42 heavy (non-hydrogen) atoms. The molecule has 2 heterocycles. The molecule has 228 valence electrons. The maximum Gasteiger partial charge on any atom is 0.226 e. The van der Waals surface area contributed by atoms with Gasteiger partial charge in [0.1, 0.15) is 5.78 Å². The topological polar surface area (TPSA) is 161 Å². The molecule has 0 aliphatic carbocycles. The van der Waals surface area contributed by atoms with E-state index in [9.17, 15) is 14.7 Å². The molecule has 1 aliphatic rings. The zero-order chi connectivity index (χ0) is 30.7. The Kier molecular flexibility index (Phi) is 12.6. The maximum atomic E-state index is 13.2. The lowest BCUT2D eigenvalue weighted by molar-refractivity contribution is -0.118. The van der Waals surface area contributed by atoms with Crippen molar-refractivity contribution in [2.75, 3.05) is 26.5 Å². The van der Waals surface area contributed by atoms with E-state index >= 15 is 0 Å². The van der Waals surface area contributed by atoms with Gasteiger partial charge in [-0.3, -0.25) is 24.7 Å². The maximum absolute atomic E-state index is 13.2. The average Bonchev–Trinajstić information content (AvgIpc) is 2.99. The second-order valence-electron chi connectivity index (χ2n) is 10.8. The van der Waals surface area contributed by atoms with Crippen LogP contribution in [0.5, 0.6) is 5.88 Å². The van der Waals surface area contributed by atoms with Gasteiger partial charge in [0.15, 0.2) is 11.7 Å². The van der Waals surface area contributed by atoms with Crippen molar-refractivity contribution in [3.8, 4) is 5.88 Å². The third-order valence-corrected chi connectivity index (χ3v) is 8.68. The molecule has 0 radical (unpaired) electrons. The minimum Gasteiger partial charge on any atom is -0.480 e. The summed E-state index contributed by atoms with van der Waals surface area (Å²) in [6.07, 6.45) is 6.41. The Morgan fingerprint density at radius 2 is 1.86 bits per heavy atom. The standard InChI is InChI=1S/C31H43N5O5S/c1-4-23(37)12-7-5-6-11-22(19-27(38)25(32)20-31(39)14-16-36(42-3)17-15-31)28(33)41-29(34)24-18-21-10-8-9-13-26(21)35-30(24)40-2/h8-10,13,18,22,32-34,39H,4-7,11-12,14-17,19-20H2,1-3H3/t22-/m1/s1. The van der Waals surface area contributed by atoms with Crippen LogP contribution in [0.15, 0.2) is 30.3 Å². The highest BCUT2D eigenvalue weighted by molar-refractivity contribution is 7.96. The summed E-state index contributed by atoms with van der Waals surface area (Å²) in [5, 5.41) is 37.6. The number of ketones is 2. The number of ether oxygens (including phenoxy) is 2. The number of Topliss-reactive ketones (excluding diaryl/α,β-unsaturated/α-hetero) is 2. The van der Waals surface area contributed by atoms with Crippen LogP contribution in [0.1, 0.15) is 76.7 Å². The van der Waals surface area contributed by atoms with Crippen molar-refractivity contribution < 1.29 is 24.2 Å². The third-order valence-electron chi connectivity index (χ3n) is 7.80. The fourth-order valence-corrected chi connectivity index (χ4v) is 5.64. The van der Waals surface area contributed by atoms with Crippen LogP contribution < -0.4 is 4.74 Å². The number of unbranched alkanes of at least 4 members (excludes halogenated alkanes) is 2. The highest BCUT2D eigenvalue weighted by atomic mass is 32.2. The van der Waals surface area contributed by atoms with Gasteiger partial charge < -0.3 is 20.0 Å². The molecule has 0 saturated carbocycles. The number of nitrogens with zero attached hydrogens (tertiary/aromatic N) is 2. The number of piperidine rings is 1. The Balaban J connectivity index is 1.69. The monoisotopic (exact) mass is 597 g/mol. The quantitative estimate of drug-likeness (QED) is 0.0844. The first-order valence-electron chi connectivity index (χ1n) is 14.5. The van der Waals surface area contributed by atoms with E-state index in [4.69, 9.17) is 25.7 Å². The van der Waals surface area contributed by atoms with Gasteiger partial charge in [0.2, 0.25) is 11.8 Å². The first-order valence-corrected chi connectivity index (χ1v) is 15.7. The van der Waals surface area contributed by atoms with Gasteiger partial charge in [-0.05, 0) is 44.1 Å². The summed E-state index contributed by atoms with van der Waals surface area (Å²) in [4.78, 5) is 29.3. The van der Waals surface area contributed by atoms with Crippen molar-refractivity contribution >= 4 is 51.9 Å². The fraction of sp³-hybridized carbons (Fsp3) is 0.548. The smallest absolute Gasteiger partial charge is 0.226 e. The number of benzene rings is 1. The number of rotatable bonds is 16. The van der Waals surface area contributed by atoms with Crippen molar-refractivity contribution in [3.05, 3.63) is 35.9 Å². The van der Waals surface area contributed by atoms with E-state index < -0.39 is 17.3 Å². The highest BCUT2D eigenvalue weighted by Crippen LogP contribution is 2.29. The zero-order valence-electron chi connectivity index (χ0n) is 24.8. The molecule has 1 aromatic heterocycles. The molecule has 0 unspecified atom stereocenters. The van der Waals surface area contributed by atoms with Crippen molar-refractivity contribution in [2.45, 2.75) is 76.7 Å². The molecule has 0 amide bonds. The lowest BCUT2D eigenvalue weighted by Crippen LogP contribution is -2.44. The molecular formula is C31H43N5O5S. The Morgan fingerprint density at radius 3 is 2.52 bits per heavy atom. The molecule has 1 aliphatic heterocycles. The predicted molar refractivity (Wildman–Crippen MR) is 167 cm³/mol. The molecule has 0 spiro atoms. The molecule has 2 aromatic rings. The summed E-state index contributed by atoms with van der Waals surface area (Å²) in [5.41, 5.74) is -0.260. The van der Waals surface area contributed by atoms with Gasteiger partial charge in [0.25, 0.3) is 0 Å². The third kappa shape index (κ3) is 9.43. The number of fused-ring (bicyclic) bond motifs is 1. The van der Waals surface area contributed by atoms with E-state index in [0.29, 0.717) is 57.1 Å². The molecule has 4 N–H and O–H groups in total. The minimum absolute atomic E-state index is 0.0239. The SMILES string of the molecule is CCC(=O)CCCCC[C@H](CC(=O)C(=N)CC1(O)CCN(SC)CC1)C(=N)OC(=N)c1cc2ccccc2nc1OC. The van der Waals surface area contributed by atoms with Crippen LogP contribution in [-0.2, 0) is 14.3 Å². The van der Waals surface area contributed by atoms with Gasteiger partial charge in [-0.15, -0.1) is 0 Å². The molecule has 3 rings (SSSR count). The van der Waals surface area contributed by atoms with Crippen LogP contribution in [0.4, 0.5) is 0 Å². The number of aromatic nitrogens is 1. The van der Waals surface area contributed by atoms with Gasteiger partial charge in [0, 0.05) is 50.1 Å². The van der Waals surface area contributed by atoms with E-state index in [1.807, 2.05) is 37.4 Å². The fourth-order valence-electron chi connectivity index (χ4n) is 5.09. The molecule has 1 aromatic carbocycles. The van der Waals surface area contributed by atoms with Crippen LogP contribution in [0, 0.1) is 22.1 Å². The predicted octanol–water partition coefficient (Wildman–Crippen LogP) is 5.58. The number of pyridine rings is 1. The summed E-state index contributed by atoms with van der Waals surface area (Å²) in [7, 11) is 1.45. The first-order chi connectivity index (χ1) is 20.1. The molecular weight excluding hydrogens is 554 g/mol. The van der Waals surface area contributed by atoms with Crippen LogP contribution in [0.25, 0.3) is 10.9 Å². The van der Waals surface area contributed by atoms with Crippen LogP contribution in [-0.4, -0.2) is 75.5 Å². The molecule has 1 saturated heterocycles. The van der Waals surface area contributed by atoms with Crippen molar-refractivity contribution in [3.63, 3.8) is 0 Å². The van der Waals surface area contributed by atoms with Crippen LogP contribution in [0.2, 0.25) is 0 Å². The van der Waals surface area contributed by atoms with Gasteiger partial charge >= 0.3 is 0 Å². The number of carbonyl (C=O) groups excluding carboxylic acids is 2. The van der Waals surface area contributed by atoms with Crippen molar-refractivity contribution in [1.29, 1.82) is 16.2 Å². The largest absolute Gasteiger partial charge is 0.480 e. The summed E-state index contributed by atoms with van der Waals surface area (Å²) in [5.74, 6) is -1.25. The van der Waals surface area contributed by atoms with E-state index in [2.05, 4.69) is 9.29 Å². The summed E-state index contributed by atoms with van der Waals surface area (Å²) >= 11 is 1.62. The number of hydrogen-bond acceptors (Lipinski definition) is 11. The Labute approximate surface area is 252 Å². The number of hydrogen-bond donors (Lipinski definition) is 4. The van der Waals surface area contributed by atoms with Crippen molar-refractivity contribution in [2.24, 2.45) is 5.92 Å². The number of nitrogens with one attached hydrogen (secondary N) is 3. The number of carbonyl (C=O) groups is 2. The van der Waals surface area contributed by atoms with E-state index in [0.717, 1.165) is 18.2 Å². The normalized spacial score (nSPS) is 15.6. The minimum atomic E-state index is -1.09. The van der Waals surface area contributed by atoms with Gasteiger partial charge in [-0.1, -0.05) is 49.9 Å². The van der Waals surface area contributed by atoms with Gasteiger partial charge in [0.05, 0.1) is 29.5 Å². The molecule has 10 nitrogen and oxygen atoms in total. The summed E-state index contributed by atoms with van der Waals surface area (Å²) < 4.78 is 13.2. The van der Waals surface area contributed by atoms with Crippen LogP contribution >= 0.6 is 11.9 Å². The number of aliphatic hydroxyl groups is 1. The number of para-hydroxylation sites is 1. The zero-order valence-corrected chi connectivity index (χ0v) is 25.6. The van der Waals surface area contributed by atoms with E-state index in [1.54, 1.807) is 18.0 Å². The Morgan fingerprint density at radius 1 is 1.14 bits per heavy atom. The summed E-state index contributed by atoms with van der Waals surface area (Å²) in [6, 6.07) is 9.13. The highest BCUT2D eigenvalue weighted by Gasteiger charge is 2.35. The second-order valence-corrected chi connectivity index (χ2v) is 11.7. The lowest BCUT2D eigenvalue weighted by atomic mass is 9.84. The number of methoxy groups -OCH3 is 1. The second kappa shape index (κ2) is 15.9. The van der Waals surface area contributed by atoms with Crippen molar-refractivity contribution in [1.82, 2.24) is 9.29 Å². The molecule has 0 bridgehead atoms. The van der Waals surface area contributed by atoms with E-state index in [1.165, 1.54) is 7.11 Å². The van der Waals surface area contributed by atoms with Gasteiger partial charge in [-0.2, -0.15) is 0 Å². The molecule has 1 fully saturated rings. The molecule has 1 atom stereocenters. The first kappa shape index (κ1) is 33.4. The average molecular weight is 598 g/mol. The lowest BCUT2D eigenvalue weighted by Gasteiger charge is -2.37. The van der Waals surface area contributed by atoms with Crippen LogP contribution in [0.3, 0.4) is 0 Å². The van der Waals surface area contributed by atoms with E-state index in [-0.39, 0.29) is 47.6 Å². The molecule has 11 heteroatoms. The Bertz CT molecular complexity index is 1290. The summed E-state index contributed by atoms with van der Waals surface area (Å²) in [6.45, 7) is 3.22. The van der Waals surface area contributed by atoms with Gasteiger partial charge in [-0.25, -0.2) is 4.98 Å².